The van der Waals surface area contributed by atoms with Crippen LogP contribution in [-0.2, 0) is 16.1 Å². The molecule has 6 nitrogen and oxygen atoms in total. The number of phenolic OH excluding ortho intramolecular Hbond substituents is 1. The molecule has 0 bridgehead atoms. The molecule has 1 N–H and O–H groups in total. The molecule has 2 aromatic rings. The number of hydrogen-bond donors (Lipinski definition) is 1. The lowest BCUT2D eigenvalue weighted by atomic mass is 9.87. The molecule has 0 saturated carbocycles. The summed E-state index contributed by atoms with van der Waals surface area (Å²) in [5, 5.41) is 9.78. The molecule has 0 spiro atoms. The Morgan fingerprint density at radius 1 is 1.08 bits per heavy atom. The Kier molecular flexibility index (Phi) is 2.92. The van der Waals surface area contributed by atoms with Crippen molar-refractivity contribution in [3.8, 4) is 23.0 Å². The van der Waals surface area contributed by atoms with Crippen LogP contribution in [-0.4, -0.2) is 25.1 Å². The molecule has 3 aliphatic heterocycles. The van der Waals surface area contributed by atoms with E-state index < -0.39 is 0 Å². The van der Waals surface area contributed by atoms with Crippen molar-refractivity contribution < 1.29 is 28.8 Å². The Hall–Kier alpha value is -2.44. The number of benzene rings is 2. The third-order valence-electron chi connectivity index (χ3n) is 4.81. The lowest BCUT2D eigenvalue weighted by Gasteiger charge is -2.42. The number of ether oxygens (including phenoxy) is 5. The summed E-state index contributed by atoms with van der Waals surface area (Å²) in [6, 6.07) is 8.94. The van der Waals surface area contributed by atoms with Gasteiger partial charge in [-0.15, -0.1) is 0 Å². The van der Waals surface area contributed by atoms with Crippen LogP contribution in [0.5, 0.6) is 23.0 Å². The molecule has 0 fully saturated rings. The van der Waals surface area contributed by atoms with Crippen LogP contribution in [0, 0.1) is 0 Å². The summed E-state index contributed by atoms with van der Waals surface area (Å²) >= 11 is 0. The molecule has 0 amide bonds. The number of methoxy groups -OCH3 is 1. The van der Waals surface area contributed by atoms with Crippen molar-refractivity contribution in [1.82, 2.24) is 0 Å². The van der Waals surface area contributed by atoms with Crippen LogP contribution in [0.15, 0.2) is 30.3 Å². The third-order valence-corrected chi connectivity index (χ3v) is 4.81. The van der Waals surface area contributed by atoms with Crippen LogP contribution >= 0.6 is 0 Å². The Labute approximate surface area is 138 Å². The van der Waals surface area contributed by atoms with Crippen molar-refractivity contribution in [2.75, 3.05) is 13.9 Å². The lowest BCUT2D eigenvalue weighted by Crippen LogP contribution is -2.40. The summed E-state index contributed by atoms with van der Waals surface area (Å²) in [6.45, 7) is 0.637. The Balaban J connectivity index is 1.64. The van der Waals surface area contributed by atoms with E-state index in [1.807, 2.05) is 18.2 Å². The van der Waals surface area contributed by atoms with E-state index in [1.165, 1.54) is 0 Å². The topological polar surface area (TPSA) is 66.4 Å². The maximum Gasteiger partial charge on any atom is 0.231 e. The van der Waals surface area contributed by atoms with Gasteiger partial charge in [0.2, 0.25) is 6.79 Å². The highest BCUT2D eigenvalue weighted by Gasteiger charge is 2.45. The van der Waals surface area contributed by atoms with Gasteiger partial charge in [-0.05, 0) is 18.2 Å². The summed E-state index contributed by atoms with van der Waals surface area (Å²) in [5.41, 5.74) is 2.83. The van der Waals surface area contributed by atoms with Crippen LogP contribution in [0.2, 0.25) is 0 Å². The van der Waals surface area contributed by atoms with Crippen molar-refractivity contribution in [2.45, 2.75) is 24.9 Å². The Morgan fingerprint density at radius 2 is 1.96 bits per heavy atom. The summed E-state index contributed by atoms with van der Waals surface area (Å²) in [6.07, 6.45) is -0.861. The molecule has 0 aromatic heterocycles. The molecule has 3 aliphatic rings. The maximum atomic E-state index is 9.78. The largest absolute Gasteiger partial charge is 0.508 e. The van der Waals surface area contributed by atoms with Crippen LogP contribution in [0.1, 0.15) is 28.9 Å². The zero-order valence-electron chi connectivity index (χ0n) is 13.0. The number of aromatic hydroxyl groups is 1. The highest BCUT2D eigenvalue weighted by molar-refractivity contribution is 5.55. The average molecular weight is 328 g/mol. The zero-order chi connectivity index (χ0) is 16.3. The smallest absolute Gasteiger partial charge is 0.231 e. The van der Waals surface area contributed by atoms with E-state index in [2.05, 4.69) is 0 Å². The first-order chi connectivity index (χ1) is 11.8. The van der Waals surface area contributed by atoms with Crippen molar-refractivity contribution in [3.63, 3.8) is 0 Å². The van der Waals surface area contributed by atoms with Gasteiger partial charge in [-0.25, -0.2) is 0 Å². The minimum absolute atomic E-state index is 0.157. The quantitative estimate of drug-likeness (QED) is 0.868. The van der Waals surface area contributed by atoms with Crippen molar-refractivity contribution in [3.05, 3.63) is 47.0 Å². The zero-order valence-corrected chi connectivity index (χ0v) is 13.0. The van der Waals surface area contributed by atoms with Crippen molar-refractivity contribution in [2.24, 2.45) is 0 Å². The summed E-state index contributed by atoms with van der Waals surface area (Å²) in [5.74, 6) is 2.22. The van der Waals surface area contributed by atoms with Gasteiger partial charge in [0.15, 0.2) is 17.6 Å². The first kappa shape index (κ1) is 13.9. The maximum absolute atomic E-state index is 9.78. The third kappa shape index (κ3) is 1.84. The Bertz CT molecular complexity index is 817. The molecule has 6 heteroatoms. The number of hydrogen-bond acceptors (Lipinski definition) is 6. The van der Waals surface area contributed by atoms with Crippen LogP contribution in [0.4, 0.5) is 0 Å². The van der Waals surface area contributed by atoms with Gasteiger partial charge in [-0.1, -0.05) is 6.07 Å². The minimum atomic E-state index is -0.331. The van der Waals surface area contributed by atoms with Crippen LogP contribution in [0.3, 0.4) is 0 Å². The van der Waals surface area contributed by atoms with E-state index in [9.17, 15) is 5.11 Å². The fourth-order valence-corrected chi connectivity index (χ4v) is 3.72. The highest BCUT2D eigenvalue weighted by atomic mass is 16.7. The lowest BCUT2D eigenvalue weighted by molar-refractivity contribution is -0.138. The Morgan fingerprint density at radius 3 is 2.83 bits per heavy atom. The summed E-state index contributed by atoms with van der Waals surface area (Å²) in [4.78, 5) is 0. The fraction of sp³-hybridized carbons (Fsp3) is 0.333. The molecule has 0 unspecified atom stereocenters. The predicted octanol–water partition coefficient (Wildman–Crippen LogP) is 2.84. The summed E-state index contributed by atoms with van der Waals surface area (Å²) in [7, 11) is 1.65. The second-order valence-electron chi connectivity index (χ2n) is 6.06. The fourth-order valence-electron chi connectivity index (χ4n) is 3.72. The highest BCUT2D eigenvalue weighted by Crippen LogP contribution is 2.51. The average Bonchev–Trinajstić information content (AvgIpc) is 3.08. The number of rotatable bonds is 1. The van der Waals surface area contributed by atoms with Crippen molar-refractivity contribution >= 4 is 0 Å². The standard InChI is InChI=1S/C18H16O6/c1-20-16-11-3-2-9(19)6-14(11)24-17-10-4-5-13-15(23-8-22-13)12(10)7-21-18(16)17/h2-6,16-19H,7-8H2,1H3/t16-,17-,18+/m1/s1. The normalized spacial score (nSPS) is 26.1. The number of fused-ring (bicyclic) bond motifs is 6. The molecule has 0 aliphatic carbocycles. The van der Waals surface area contributed by atoms with E-state index in [-0.39, 0.29) is 30.9 Å². The predicted molar refractivity (Wildman–Crippen MR) is 82.4 cm³/mol. The molecule has 24 heavy (non-hydrogen) atoms. The molecule has 3 atom stereocenters. The number of phenols is 1. The van der Waals surface area contributed by atoms with E-state index in [1.54, 1.807) is 19.2 Å². The molecule has 3 heterocycles. The van der Waals surface area contributed by atoms with E-state index >= 15 is 0 Å². The first-order valence-corrected chi connectivity index (χ1v) is 7.81. The van der Waals surface area contributed by atoms with Gasteiger partial charge >= 0.3 is 0 Å². The summed E-state index contributed by atoms with van der Waals surface area (Å²) < 4.78 is 29.0. The van der Waals surface area contributed by atoms with Gasteiger partial charge < -0.3 is 28.8 Å². The SMILES string of the molecule is CO[C@@H]1c2ccc(O)cc2O[C@@H]2c3ccc4c(c3CO[C@@H]12)OCO4. The van der Waals surface area contributed by atoms with Crippen LogP contribution in [0.25, 0.3) is 0 Å². The first-order valence-electron chi connectivity index (χ1n) is 7.81. The van der Waals surface area contributed by atoms with E-state index in [0.717, 1.165) is 28.2 Å². The molecule has 0 radical (unpaired) electrons. The molecule has 124 valence electrons. The van der Waals surface area contributed by atoms with E-state index in [4.69, 9.17) is 23.7 Å². The van der Waals surface area contributed by atoms with Gasteiger partial charge in [0.05, 0.1) is 6.61 Å². The van der Waals surface area contributed by atoms with Gasteiger partial charge in [-0.3, -0.25) is 0 Å². The second kappa shape index (κ2) is 5.03. The van der Waals surface area contributed by atoms with Gasteiger partial charge in [0.25, 0.3) is 0 Å². The van der Waals surface area contributed by atoms with Gasteiger partial charge in [-0.2, -0.15) is 0 Å². The van der Waals surface area contributed by atoms with Gasteiger partial charge in [0, 0.05) is 29.9 Å². The van der Waals surface area contributed by atoms with Crippen LogP contribution < -0.4 is 14.2 Å². The van der Waals surface area contributed by atoms with Gasteiger partial charge in [0.1, 0.15) is 23.7 Å². The molecule has 5 rings (SSSR count). The molecular weight excluding hydrogens is 312 g/mol. The molecule has 2 aromatic carbocycles. The molecule has 0 saturated heterocycles. The van der Waals surface area contributed by atoms with Crippen molar-refractivity contribution in [1.29, 1.82) is 0 Å². The molecular formula is C18H16O6. The monoisotopic (exact) mass is 328 g/mol. The minimum Gasteiger partial charge on any atom is -0.508 e. The van der Waals surface area contributed by atoms with E-state index in [0.29, 0.717) is 12.4 Å². The second-order valence-corrected chi connectivity index (χ2v) is 6.06.